The minimum Gasteiger partial charge on any atom is -0.484 e. The number of rotatable bonds is 6. The Labute approximate surface area is 127 Å². The van der Waals surface area contributed by atoms with Gasteiger partial charge in [-0.1, -0.05) is 13.0 Å². The molecule has 1 aromatic rings. The first kappa shape index (κ1) is 15.8. The van der Waals surface area contributed by atoms with Crippen LogP contribution in [0.4, 0.5) is 0 Å². The summed E-state index contributed by atoms with van der Waals surface area (Å²) in [6.45, 7) is 5.87. The summed E-state index contributed by atoms with van der Waals surface area (Å²) in [4.78, 5) is 13.5. The first-order valence-corrected chi connectivity index (χ1v) is 7.88. The number of hydrogen-bond donors (Lipinski definition) is 1. The maximum Gasteiger partial charge on any atom is 0.260 e. The summed E-state index contributed by atoms with van der Waals surface area (Å²) in [5.74, 6) is 0.801. The molecule has 1 unspecified atom stereocenters. The van der Waals surface area contributed by atoms with E-state index >= 15 is 0 Å². The highest BCUT2D eigenvalue weighted by Crippen LogP contribution is 2.32. The molecule has 4 heteroatoms. The molecular weight excluding hydrogens is 264 g/mol. The molecule has 0 aliphatic heterocycles. The minimum atomic E-state index is 0.0125. The van der Waals surface area contributed by atoms with E-state index in [0.29, 0.717) is 12.6 Å². The van der Waals surface area contributed by atoms with Gasteiger partial charge in [0.1, 0.15) is 5.75 Å². The number of nitrogens with one attached hydrogen (secondary N) is 1. The van der Waals surface area contributed by atoms with Gasteiger partial charge in [0.05, 0.1) is 0 Å². The number of carbonyl (C=O) groups is 1. The van der Waals surface area contributed by atoms with Crippen molar-refractivity contribution in [2.45, 2.75) is 39.2 Å². The second-order valence-corrected chi connectivity index (χ2v) is 5.56. The fraction of sp³-hybridized carbons (Fsp3) is 0.588. The van der Waals surface area contributed by atoms with Crippen LogP contribution >= 0.6 is 0 Å². The summed E-state index contributed by atoms with van der Waals surface area (Å²) in [6, 6.07) is 6.63. The molecular formula is C17H26N2O2. The van der Waals surface area contributed by atoms with Crippen molar-refractivity contribution in [2.24, 2.45) is 0 Å². The number of ether oxygens (including phenoxy) is 1. The van der Waals surface area contributed by atoms with Gasteiger partial charge in [0, 0.05) is 19.6 Å². The number of nitrogens with zero attached hydrogens (tertiary/aromatic N) is 1. The molecule has 0 heterocycles. The number of benzene rings is 1. The molecule has 0 radical (unpaired) electrons. The van der Waals surface area contributed by atoms with E-state index < -0.39 is 0 Å². The van der Waals surface area contributed by atoms with Gasteiger partial charge in [0.2, 0.25) is 0 Å². The summed E-state index contributed by atoms with van der Waals surface area (Å²) < 4.78 is 5.66. The van der Waals surface area contributed by atoms with Crippen molar-refractivity contribution in [3.8, 4) is 5.75 Å². The number of carbonyl (C=O) groups excluding carboxylic acids is 1. The van der Waals surface area contributed by atoms with Crippen molar-refractivity contribution >= 4 is 5.91 Å². The number of aryl methyl sites for hydroxylation is 1. The van der Waals surface area contributed by atoms with E-state index in [-0.39, 0.29) is 12.5 Å². The summed E-state index contributed by atoms with van der Waals surface area (Å²) in [6.07, 6.45) is 3.53. The Balaban J connectivity index is 2.05. The van der Waals surface area contributed by atoms with Gasteiger partial charge in [-0.05, 0) is 56.0 Å². The van der Waals surface area contributed by atoms with Gasteiger partial charge in [-0.3, -0.25) is 4.79 Å². The van der Waals surface area contributed by atoms with Crippen molar-refractivity contribution in [3.05, 3.63) is 29.3 Å². The summed E-state index contributed by atoms with van der Waals surface area (Å²) in [5.41, 5.74) is 2.73. The highest BCUT2D eigenvalue weighted by Gasteiger charge is 2.20. The van der Waals surface area contributed by atoms with Crippen LogP contribution in [0.15, 0.2) is 18.2 Å². The molecule has 21 heavy (non-hydrogen) atoms. The number of amides is 1. The maximum absolute atomic E-state index is 11.8. The lowest BCUT2D eigenvalue weighted by molar-refractivity contribution is -0.131. The first-order chi connectivity index (χ1) is 10.2. The van der Waals surface area contributed by atoms with Gasteiger partial charge in [0.25, 0.3) is 5.91 Å². The van der Waals surface area contributed by atoms with Crippen molar-refractivity contribution in [1.29, 1.82) is 0 Å². The van der Waals surface area contributed by atoms with E-state index in [1.54, 1.807) is 11.9 Å². The predicted octanol–water partition coefficient (Wildman–Crippen LogP) is 2.53. The zero-order valence-electron chi connectivity index (χ0n) is 13.3. The van der Waals surface area contributed by atoms with Crippen LogP contribution < -0.4 is 10.1 Å². The van der Waals surface area contributed by atoms with Crippen LogP contribution in [0.3, 0.4) is 0 Å². The lowest BCUT2D eigenvalue weighted by atomic mass is 9.87. The van der Waals surface area contributed by atoms with Gasteiger partial charge < -0.3 is 15.0 Å². The molecule has 1 N–H and O–H groups in total. The molecule has 2 rings (SSSR count). The van der Waals surface area contributed by atoms with Crippen molar-refractivity contribution in [3.63, 3.8) is 0 Å². The van der Waals surface area contributed by atoms with Crippen molar-refractivity contribution < 1.29 is 9.53 Å². The Morgan fingerprint density at radius 1 is 1.43 bits per heavy atom. The molecule has 4 nitrogen and oxygen atoms in total. The maximum atomic E-state index is 11.8. The van der Waals surface area contributed by atoms with Gasteiger partial charge >= 0.3 is 0 Å². The van der Waals surface area contributed by atoms with Gasteiger partial charge in [-0.2, -0.15) is 0 Å². The normalized spacial score (nSPS) is 17.2. The highest BCUT2D eigenvalue weighted by molar-refractivity contribution is 5.77. The summed E-state index contributed by atoms with van der Waals surface area (Å²) in [7, 11) is 1.79. The standard InChI is InChI=1S/C17H26N2O2/c1-4-18-16-8-6-7-13-9-10-14(11-15(13)16)21-12-17(20)19(3)5-2/h9-11,16,18H,4-8,12H2,1-3H3. The monoisotopic (exact) mass is 290 g/mol. The second-order valence-electron chi connectivity index (χ2n) is 5.56. The molecule has 1 aliphatic rings. The highest BCUT2D eigenvalue weighted by atomic mass is 16.5. The van der Waals surface area contributed by atoms with Crippen LogP contribution in [-0.4, -0.2) is 37.6 Å². The Bertz CT molecular complexity index is 488. The molecule has 0 bridgehead atoms. The van der Waals surface area contributed by atoms with Crippen LogP contribution in [0.25, 0.3) is 0 Å². The smallest absolute Gasteiger partial charge is 0.260 e. The van der Waals surface area contributed by atoms with Crippen LogP contribution in [0, 0.1) is 0 Å². The van der Waals surface area contributed by atoms with Gasteiger partial charge in [0.15, 0.2) is 6.61 Å². The van der Waals surface area contributed by atoms with Crippen molar-refractivity contribution in [1.82, 2.24) is 10.2 Å². The topological polar surface area (TPSA) is 41.6 Å². The zero-order chi connectivity index (χ0) is 15.2. The molecule has 116 valence electrons. The summed E-state index contributed by atoms with van der Waals surface area (Å²) in [5, 5.41) is 3.53. The van der Waals surface area contributed by atoms with Crippen LogP contribution in [0.1, 0.15) is 43.9 Å². The average molecular weight is 290 g/mol. The quantitative estimate of drug-likeness (QED) is 0.875. The second kappa shape index (κ2) is 7.46. The molecule has 1 amide bonds. The fourth-order valence-electron chi connectivity index (χ4n) is 2.76. The van der Waals surface area contributed by atoms with E-state index in [1.165, 1.54) is 24.0 Å². The molecule has 0 aromatic heterocycles. The van der Waals surface area contributed by atoms with Gasteiger partial charge in [-0.15, -0.1) is 0 Å². The SMILES string of the molecule is CCNC1CCCc2ccc(OCC(=O)N(C)CC)cc21. The lowest BCUT2D eigenvalue weighted by Gasteiger charge is -2.26. The van der Waals surface area contributed by atoms with Crippen LogP contribution in [-0.2, 0) is 11.2 Å². The molecule has 0 spiro atoms. The fourth-order valence-corrected chi connectivity index (χ4v) is 2.76. The first-order valence-electron chi connectivity index (χ1n) is 7.88. The third-order valence-corrected chi connectivity index (χ3v) is 4.14. The van der Waals surface area contributed by atoms with Crippen molar-refractivity contribution in [2.75, 3.05) is 26.7 Å². The Morgan fingerprint density at radius 3 is 2.95 bits per heavy atom. The Kier molecular flexibility index (Phi) is 5.62. The average Bonchev–Trinajstić information content (AvgIpc) is 2.52. The largest absolute Gasteiger partial charge is 0.484 e. The molecule has 0 saturated heterocycles. The number of hydrogen-bond acceptors (Lipinski definition) is 3. The van der Waals surface area contributed by atoms with Gasteiger partial charge in [-0.25, -0.2) is 0 Å². The number of fused-ring (bicyclic) bond motifs is 1. The van der Waals surface area contributed by atoms with E-state index in [9.17, 15) is 4.79 Å². The summed E-state index contributed by atoms with van der Waals surface area (Å²) >= 11 is 0. The molecule has 1 atom stereocenters. The zero-order valence-corrected chi connectivity index (χ0v) is 13.3. The molecule has 1 aromatic carbocycles. The lowest BCUT2D eigenvalue weighted by Crippen LogP contribution is -2.31. The van der Waals surface area contributed by atoms with Crippen LogP contribution in [0.2, 0.25) is 0 Å². The third-order valence-electron chi connectivity index (χ3n) is 4.14. The van der Waals surface area contributed by atoms with Crippen LogP contribution in [0.5, 0.6) is 5.75 Å². The Hall–Kier alpha value is -1.55. The van der Waals surface area contributed by atoms with E-state index in [0.717, 1.165) is 18.7 Å². The third kappa shape index (κ3) is 3.97. The molecule has 0 fully saturated rings. The van der Waals surface area contributed by atoms with E-state index in [2.05, 4.69) is 24.4 Å². The molecule has 1 aliphatic carbocycles. The van der Waals surface area contributed by atoms with E-state index in [1.807, 2.05) is 13.0 Å². The van der Waals surface area contributed by atoms with E-state index in [4.69, 9.17) is 4.74 Å². The number of likely N-dealkylation sites (N-methyl/N-ethyl adjacent to an activating group) is 1. The predicted molar refractivity (Wildman–Crippen MR) is 84.6 cm³/mol. The molecule has 0 saturated carbocycles. The Morgan fingerprint density at radius 2 is 2.24 bits per heavy atom. The minimum absolute atomic E-state index is 0.0125.